The third-order valence-corrected chi connectivity index (χ3v) is 6.73. The maximum absolute atomic E-state index is 10.9. The van der Waals surface area contributed by atoms with Gasteiger partial charge in [-0.3, -0.25) is 0 Å². The lowest BCUT2D eigenvalue weighted by atomic mass is 10.0. The second-order valence-electron chi connectivity index (χ2n) is 8.61. The molecule has 10 nitrogen and oxygen atoms in total. The maximum atomic E-state index is 10.9. The summed E-state index contributed by atoms with van der Waals surface area (Å²) in [7, 11) is 0. The molecule has 0 unspecified atom stereocenters. The van der Waals surface area contributed by atoms with Crippen LogP contribution in [0.25, 0.3) is 22.4 Å². The molecule has 0 amide bonds. The fourth-order valence-electron chi connectivity index (χ4n) is 5.02. The Hall–Kier alpha value is -3.76. The molecule has 1 aliphatic carbocycles. The molecule has 4 heterocycles. The van der Waals surface area contributed by atoms with Crippen molar-refractivity contribution in [2.24, 2.45) is 0 Å². The highest BCUT2D eigenvalue weighted by Crippen LogP contribution is 2.42. The van der Waals surface area contributed by atoms with E-state index in [1.54, 1.807) is 12.3 Å². The minimum absolute atomic E-state index is 0.318. The van der Waals surface area contributed by atoms with Gasteiger partial charge in [-0.1, -0.05) is 6.07 Å². The van der Waals surface area contributed by atoms with Gasteiger partial charge in [-0.15, -0.1) is 0 Å². The molecule has 1 aromatic carbocycles. The number of fused-ring (bicyclic) bond motifs is 2. The molecule has 2 aliphatic rings. The van der Waals surface area contributed by atoms with E-state index < -0.39 is 18.1 Å². The van der Waals surface area contributed by atoms with Gasteiger partial charge in [-0.25, -0.2) is 19.9 Å². The van der Waals surface area contributed by atoms with Gasteiger partial charge in [0.25, 0.3) is 0 Å². The number of nitrogens with two attached hydrogens (primary N) is 2. The van der Waals surface area contributed by atoms with E-state index in [4.69, 9.17) is 15.9 Å². The first-order chi connectivity index (χ1) is 16.0. The van der Waals surface area contributed by atoms with Crippen molar-refractivity contribution >= 4 is 28.4 Å². The zero-order valence-corrected chi connectivity index (χ0v) is 17.7. The number of hydrogen-bond donors (Lipinski definition) is 4. The van der Waals surface area contributed by atoms with E-state index in [-0.39, 0.29) is 6.04 Å². The van der Waals surface area contributed by atoms with E-state index in [9.17, 15) is 10.2 Å². The van der Waals surface area contributed by atoms with Crippen LogP contribution in [0.15, 0.2) is 47.3 Å². The first-order valence-corrected chi connectivity index (χ1v) is 10.8. The van der Waals surface area contributed by atoms with Gasteiger partial charge < -0.3 is 31.0 Å². The number of rotatable bonds is 3. The van der Waals surface area contributed by atoms with Crippen molar-refractivity contribution in [3.8, 4) is 11.5 Å². The van der Waals surface area contributed by atoms with Crippen LogP contribution in [-0.2, 0) is 6.42 Å². The number of aromatic nitrogens is 4. The van der Waals surface area contributed by atoms with Gasteiger partial charge in [0.2, 0.25) is 5.89 Å². The number of hydrogen-bond acceptors (Lipinski definition) is 10. The Morgan fingerprint density at radius 3 is 2.76 bits per heavy atom. The Balaban J connectivity index is 1.28. The summed E-state index contributed by atoms with van der Waals surface area (Å²) in [4.78, 5) is 19.2. The van der Waals surface area contributed by atoms with Crippen molar-refractivity contribution < 1.29 is 14.6 Å². The van der Waals surface area contributed by atoms with Crippen molar-refractivity contribution in [3.05, 3.63) is 54.2 Å². The highest BCUT2D eigenvalue weighted by atomic mass is 16.4. The summed E-state index contributed by atoms with van der Waals surface area (Å²) in [5.74, 6) is 2.18. The SMILES string of the molecule is Nc1ccc2ccc(-c3ncc([C@H]4C[C@@H](N5CCc6c(N)ncnc65)[C@H](O)[C@@H]4O)o3)cc2n1. The molecule has 1 saturated carbocycles. The van der Waals surface area contributed by atoms with Gasteiger partial charge >= 0.3 is 0 Å². The molecule has 1 aliphatic heterocycles. The standard InChI is InChI=1S/C23H23N7O3/c24-18-4-3-11-1-2-12(7-15(11)29-18)23-26-9-17(33-23)14-8-16(20(32)19(14)31)30-6-5-13-21(25)27-10-28-22(13)30/h1-4,7,9-10,14,16,19-20,31-32H,5-6,8H2,(H2,24,29)(H2,25,27,28)/t14-,16-,19-,20+/m1/s1. The van der Waals surface area contributed by atoms with E-state index >= 15 is 0 Å². The molecule has 4 aromatic rings. The average molecular weight is 445 g/mol. The van der Waals surface area contributed by atoms with Crippen LogP contribution in [0.1, 0.15) is 23.7 Å². The van der Waals surface area contributed by atoms with Crippen LogP contribution in [0.4, 0.5) is 17.5 Å². The van der Waals surface area contributed by atoms with Crippen LogP contribution in [0.3, 0.4) is 0 Å². The minimum atomic E-state index is -0.989. The summed E-state index contributed by atoms with van der Waals surface area (Å²) in [6.07, 6.45) is 2.30. The summed E-state index contributed by atoms with van der Waals surface area (Å²) < 4.78 is 6.05. The topological polar surface area (TPSA) is 160 Å². The predicted molar refractivity (Wildman–Crippen MR) is 122 cm³/mol. The molecule has 0 spiro atoms. The fraction of sp³-hybridized carbons (Fsp3) is 0.304. The Morgan fingerprint density at radius 2 is 1.88 bits per heavy atom. The van der Waals surface area contributed by atoms with Crippen LogP contribution in [0, 0.1) is 0 Å². The molecule has 6 N–H and O–H groups in total. The zero-order valence-electron chi connectivity index (χ0n) is 17.7. The van der Waals surface area contributed by atoms with E-state index in [0.717, 1.165) is 27.8 Å². The van der Waals surface area contributed by atoms with Gasteiger partial charge in [0.1, 0.15) is 35.6 Å². The Kier molecular flexibility index (Phi) is 4.46. The number of aliphatic hydroxyl groups is 2. The largest absolute Gasteiger partial charge is 0.441 e. The molecule has 1 fully saturated rings. The molecule has 0 bridgehead atoms. The van der Waals surface area contributed by atoms with Gasteiger partial charge in [0, 0.05) is 29.0 Å². The zero-order chi connectivity index (χ0) is 22.7. The number of benzene rings is 1. The van der Waals surface area contributed by atoms with Crippen LogP contribution < -0.4 is 16.4 Å². The van der Waals surface area contributed by atoms with E-state index in [0.29, 0.717) is 42.7 Å². The summed E-state index contributed by atoms with van der Waals surface area (Å²) in [5, 5.41) is 22.7. The number of aliphatic hydroxyl groups excluding tert-OH is 2. The second-order valence-corrected chi connectivity index (χ2v) is 8.61. The number of nitrogen functional groups attached to an aromatic ring is 2. The van der Waals surface area contributed by atoms with Crippen molar-refractivity contribution in [1.82, 2.24) is 19.9 Å². The van der Waals surface area contributed by atoms with Gasteiger partial charge in [-0.05, 0) is 37.1 Å². The van der Waals surface area contributed by atoms with Gasteiger partial charge in [-0.2, -0.15) is 0 Å². The molecule has 3 aromatic heterocycles. The first-order valence-electron chi connectivity index (χ1n) is 10.8. The smallest absolute Gasteiger partial charge is 0.226 e. The van der Waals surface area contributed by atoms with Crippen molar-refractivity contribution in [3.63, 3.8) is 0 Å². The second kappa shape index (κ2) is 7.39. The first kappa shape index (κ1) is 19.9. The fourth-order valence-corrected chi connectivity index (χ4v) is 5.02. The molecule has 33 heavy (non-hydrogen) atoms. The average Bonchev–Trinajstić information content (AvgIpc) is 3.53. The van der Waals surface area contributed by atoms with E-state index in [1.807, 2.05) is 29.2 Å². The van der Waals surface area contributed by atoms with Crippen LogP contribution in [0.5, 0.6) is 0 Å². The molecule has 4 atom stereocenters. The van der Waals surface area contributed by atoms with Crippen molar-refractivity contribution in [2.45, 2.75) is 37.0 Å². The highest BCUT2D eigenvalue weighted by Gasteiger charge is 2.48. The number of oxazole rings is 1. The lowest BCUT2D eigenvalue weighted by Gasteiger charge is -2.28. The molecule has 0 radical (unpaired) electrons. The van der Waals surface area contributed by atoms with E-state index in [1.165, 1.54) is 6.33 Å². The lowest BCUT2D eigenvalue weighted by Crippen LogP contribution is -2.43. The summed E-state index contributed by atoms with van der Waals surface area (Å²) in [6.45, 7) is 0.661. The lowest BCUT2D eigenvalue weighted by molar-refractivity contribution is 0.0250. The Morgan fingerprint density at radius 1 is 1.03 bits per heavy atom. The molecular formula is C23H23N7O3. The van der Waals surface area contributed by atoms with Gasteiger partial charge in [0.05, 0.1) is 23.9 Å². The quantitative estimate of drug-likeness (QED) is 0.363. The van der Waals surface area contributed by atoms with Crippen LogP contribution in [-0.4, -0.2) is 54.9 Å². The molecule has 10 heteroatoms. The summed E-state index contributed by atoms with van der Waals surface area (Å²) in [6, 6.07) is 9.06. The normalized spacial score (nSPS) is 24.5. The third kappa shape index (κ3) is 3.18. The number of pyridine rings is 1. The Bertz CT molecular complexity index is 1360. The monoisotopic (exact) mass is 445 g/mol. The predicted octanol–water partition coefficient (Wildman–Crippen LogP) is 1.48. The molecule has 6 rings (SSSR count). The minimum Gasteiger partial charge on any atom is -0.441 e. The number of nitrogens with zero attached hydrogens (tertiary/aromatic N) is 5. The van der Waals surface area contributed by atoms with Crippen molar-refractivity contribution in [1.29, 1.82) is 0 Å². The van der Waals surface area contributed by atoms with Gasteiger partial charge in [0.15, 0.2) is 0 Å². The maximum Gasteiger partial charge on any atom is 0.226 e. The molecule has 0 saturated heterocycles. The summed E-state index contributed by atoms with van der Waals surface area (Å²) >= 11 is 0. The molecule has 168 valence electrons. The highest BCUT2D eigenvalue weighted by molar-refractivity contribution is 5.84. The Labute approximate surface area is 188 Å². The third-order valence-electron chi connectivity index (χ3n) is 6.73. The molecular weight excluding hydrogens is 422 g/mol. The van der Waals surface area contributed by atoms with Crippen LogP contribution in [0.2, 0.25) is 0 Å². The van der Waals surface area contributed by atoms with Crippen molar-refractivity contribution in [2.75, 3.05) is 22.9 Å². The summed E-state index contributed by atoms with van der Waals surface area (Å²) in [5.41, 5.74) is 14.2. The number of anilines is 3. The van der Waals surface area contributed by atoms with E-state index in [2.05, 4.69) is 19.9 Å². The van der Waals surface area contributed by atoms with Crippen LogP contribution >= 0.6 is 0 Å².